The van der Waals surface area contributed by atoms with E-state index in [1.807, 2.05) is 24.3 Å². The molecule has 51 heavy (non-hydrogen) atoms. The van der Waals surface area contributed by atoms with Gasteiger partial charge in [-0.05, 0) is 84.5 Å². The summed E-state index contributed by atoms with van der Waals surface area (Å²) in [5.74, 6) is 0. The van der Waals surface area contributed by atoms with E-state index in [0.717, 1.165) is 97.5 Å². The van der Waals surface area contributed by atoms with Crippen LogP contribution in [0.3, 0.4) is 0 Å². The lowest BCUT2D eigenvalue weighted by atomic mass is 9.97. The van der Waals surface area contributed by atoms with Gasteiger partial charge in [0.1, 0.15) is 22.4 Å². The number of alkyl halides is 6. The number of nitrogens with zero attached hydrogens (tertiary/aromatic N) is 4. The van der Waals surface area contributed by atoms with Crippen molar-refractivity contribution in [3.05, 3.63) is 82.9 Å². The van der Waals surface area contributed by atoms with Crippen LogP contribution in [0.2, 0.25) is 0 Å². The number of unbranched alkanes of at least 4 members (excludes halogenated alkanes) is 5. The minimum absolute atomic E-state index is 0.150. The molecule has 7 rings (SSSR count). The van der Waals surface area contributed by atoms with E-state index in [-0.39, 0.29) is 5.56 Å². The normalized spacial score (nSPS) is 12.9. The van der Waals surface area contributed by atoms with Crippen molar-refractivity contribution in [1.29, 1.82) is 0 Å². The van der Waals surface area contributed by atoms with Gasteiger partial charge < -0.3 is 0 Å². The second-order valence-corrected chi connectivity index (χ2v) is 15.6. The summed E-state index contributed by atoms with van der Waals surface area (Å²) in [4.78, 5) is 3.30. The largest absolute Gasteiger partial charge is 0.416 e. The fourth-order valence-electron chi connectivity index (χ4n) is 6.44. The molecule has 0 spiro atoms. The molecule has 0 radical (unpaired) electrons. The third-order valence-corrected chi connectivity index (χ3v) is 12.3. The second kappa shape index (κ2) is 14.4. The van der Waals surface area contributed by atoms with E-state index in [9.17, 15) is 26.3 Å². The molecule has 0 saturated carbocycles. The van der Waals surface area contributed by atoms with Crippen molar-refractivity contribution in [2.75, 3.05) is 0 Å². The molecule has 0 atom stereocenters. The van der Waals surface area contributed by atoms with E-state index in [0.29, 0.717) is 46.4 Å². The van der Waals surface area contributed by atoms with Gasteiger partial charge in [0.05, 0.1) is 34.2 Å². The van der Waals surface area contributed by atoms with Crippen molar-refractivity contribution < 1.29 is 26.3 Å². The van der Waals surface area contributed by atoms with Crippen LogP contribution in [-0.4, -0.2) is 8.75 Å². The van der Waals surface area contributed by atoms with Crippen LogP contribution in [0.15, 0.2) is 69.4 Å². The van der Waals surface area contributed by atoms with Crippen molar-refractivity contribution >= 4 is 68.2 Å². The summed E-state index contributed by atoms with van der Waals surface area (Å²) >= 11 is 5.01. The molecular weight excluding hydrogens is 743 g/mol. The second-order valence-electron chi connectivity index (χ2n) is 12.4. The SMILES string of the molecule is CCCCCCCCc1cc(-c2ccc(-c3c4c(c(-c5ccc(-c6ccc(C(F)(F)F)c(C)c6)s5)c5nsnc35)N=S=N4)s2)ccc1C(F)(F)F. The zero-order valence-corrected chi connectivity index (χ0v) is 30.7. The topological polar surface area (TPSA) is 50.5 Å². The molecule has 0 aliphatic carbocycles. The molecule has 3 aromatic carbocycles. The Morgan fingerprint density at radius 3 is 1.65 bits per heavy atom. The zero-order chi connectivity index (χ0) is 35.9. The molecule has 4 heterocycles. The Kier molecular flexibility index (Phi) is 10.0. The first kappa shape index (κ1) is 35.7. The monoisotopic (exact) mass is 772 g/mol. The van der Waals surface area contributed by atoms with Gasteiger partial charge in [-0.2, -0.15) is 43.8 Å². The summed E-state index contributed by atoms with van der Waals surface area (Å²) in [7, 11) is 0. The van der Waals surface area contributed by atoms with E-state index in [1.165, 1.54) is 41.7 Å². The van der Waals surface area contributed by atoms with Crippen LogP contribution in [0.1, 0.15) is 67.7 Å². The highest BCUT2D eigenvalue weighted by molar-refractivity contribution is 7.58. The zero-order valence-electron chi connectivity index (χ0n) is 27.4. The maximum absolute atomic E-state index is 14.0. The first-order chi connectivity index (χ1) is 24.4. The van der Waals surface area contributed by atoms with Crippen LogP contribution < -0.4 is 0 Å². The Morgan fingerprint density at radius 2 is 1.10 bits per heavy atom. The molecular formula is C37H30F6N4S4. The number of hydrogen-bond acceptors (Lipinski definition) is 7. The average Bonchev–Trinajstić information content (AvgIpc) is 3.91. The van der Waals surface area contributed by atoms with Crippen molar-refractivity contribution in [3.63, 3.8) is 0 Å². The molecule has 0 amide bonds. The van der Waals surface area contributed by atoms with E-state index in [4.69, 9.17) is 0 Å². The lowest BCUT2D eigenvalue weighted by molar-refractivity contribution is -0.139. The van der Waals surface area contributed by atoms with Gasteiger partial charge >= 0.3 is 12.4 Å². The Morgan fingerprint density at radius 1 is 0.588 bits per heavy atom. The number of halogens is 6. The van der Waals surface area contributed by atoms with E-state index in [1.54, 1.807) is 18.2 Å². The summed E-state index contributed by atoms with van der Waals surface area (Å²) in [5.41, 5.74) is 4.69. The number of hydrogen-bond donors (Lipinski definition) is 0. The van der Waals surface area contributed by atoms with Gasteiger partial charge in [-0.1, -0.05) is 57.2 Å². The van der Waals surface area contributed by atoms with Gasteiger partial charge in [-0.15, -0.1) is 22.7 Å². The third kappa shape index (κ3) is 7.20. The number of thiophene rings is 2. The van der Waals surface area contributed by atoms with Crippen LogP contribution in [0.5, 0.6) is 0 Å². The molecule has 0 N–H and O–H groups in total. The predicted octanol–water partition coefficient (Wildman–Crippen LogP) is 14.5. The highest BCUT2D eigenvalue weighted by Gasteiger charge is 2.34. The van der Waals surface area contributed by atoms with Gasteiger partial charge in [-0.25, -0.2) is 0 Å². The van der Waals surface area contributed by atoms with Crippen molar-refractivity contribution in [2.45, 2.75) is 71.1 Å². The number of rotatable bonds is 11. The lowest BCUT2D eigenvalue weighted by Gasteiger charge is -2.14. The molecule has 14 heteroatoms. The molecule has 0 saturated heterocycles. The minimum atomic E-state index is -4.43. The molecule has 3 aromatic heterocycles. The van der Waals surface area contributed by atoms with Crippen molar-refractivity contribution in [1.82, 2.24) is 8.75 Å². The smallest absolute Gasteiger partial charge is 0.172 e. The third-order valence-electron chi connectivity index (χ3n) is 8.94. The van der Waals surface area contributed by atoms with Crippen LogP contribution >= 0.6 is 34.4 Å². The Bertz CT molecular complexity index is 2310. The van der Waals surface area contributed by atoms with Crippen molar-refractivity contribution in [2.24, 2.45) is 8.73 Å². The number of aromatic nitrogens is 2. The van der Waals surface area contributed by atoms with Gasteiger partial charge in [0, 0.05) is 30.6 Å². The highest BCUT2D eigenvalue weighted by atomic mass is 32.1. The summed E-state index contributed by atoms with van der Waals surface area (Å²) < 4.78 is 101. The molecule has 264 valence electrons. The van der Waals surface area contributed by atoms with Crippen LogP contribution in [0.25, 0.3) is 52.8 Å². The standard InChI is InChI=1S/C37H30F6N4S4/c1-3-4-5-6-7-8-9-21-19-23(11-13-25(21)37(41,42)43)27-15-17-29(49-27)31-34-32(44-50-46-34)30(33-35(31)47-51-45-33)28-16-14-26(48-28)22-10-12-24(20(2)18-22)36(38,39)40/h10-19H,3-9H2,1-2H3. The summed E-state index contributed by atoms with van der Waals surface area (Å²) in [6, 6.07) is 16.2. The van der Waals surface area contributed by atoms with Crippen molar-refractivity contribution in [3.8, 4) is 41.8 Å². The summed E-state index contributed by atoms with van der Waals surface area (Å²) in [6.45, 7) is 3.59. The molecule has 1 aliphatic heterocycles. The van der Waals surface area contributed by atoms with E-state index >= 15 is 0 Å². The first-order valence-corrected chi connectivity index (χ1v) is 19.5. The number of fused-ring (bicyclic) bond motifs is 2. The van der Waals surface area contributed by atoms with Gasteiger partial charge in [0.15, 0.2) is 0 Å². The maximum Gasteiger partial charge on any atom is 0.416 e. The van der Waals surface area contributed by atoms with E-state index in [2.05, 4.69) is 24.4 Å². The first-order valence-electron chi connectivity index (χ1n) is 16.4. The van der Waals surface area contributed by atoms with Gasteiger partial charge in [-0.3, -0.25) is 0 Å². The predicted molar refractivity (Wildman–Crippen MR) is 198 cm³/mol. The fraction of sp³-hybridized carbons (Fsp3) is 0.297. The highest BCUT2D eigenvalue weighted by Crippen LogP contribution is 2.55. The molecule has 0 unspecified atom stereocenters. The Balaban J connectivity index is 1.23. The van der Waals surface area contributed by atoms with Crippen LogP contribution in [0, 0.1) is 6.92 Å². The van der Waals surface area contributed by atoms with Crippen LogP contribution in [-0.2, 0) is 30.1 Å². The number of benzene rings is 3. The molecule has 0 bridgehead atoms. The average molecular weight is 773 g/mol. The lowest BCUT2D eigenvalue weighted by Crippen LogP contribution is -2.09. The minimum Gasteiger partial charge on any atom is -0.172 e. The molecule has 4 nitrogen and oxygen atoms in total. The van der Waals surface area contributed by atoms with Gasteiger partial charge in [0.2, 0.25) is 0 Å². The number of aryl methyl sites for hydroxylation is 2. The molecule has 0 fully saturated rings. The maximum atomic E-state index is 14.0. The Labute approximate surface area is 306 Å². The van der Waals surface area contributed by atoms with E-state index < -0.39 is 23.5 Å². The Hall–Kier alpha value is -3.72. The van der Waals surface area contributed by atoms with Crippen LogP contribution in [0.4, 0.5) is 37.7 Å². The molecule has 6 aromatic rings. The quantitative estimate of drug-likeness (QED) is 0.0971. The van der Waals surface area contributed by atoms with Gasteiger partial charge in [0.25, 0.3) is 0 Å². The summed E-state index contributed by atoms with van der Waals surface area (Å²) in [5, 5.41) is 0. The molecule has 1 aliphatic rings. The summed E-state index contributed by atoms with van der Waals surface area (Å²) in [6.07, 6.45) is -2.50. The fourth-order valence-corrected chi connectivity index (χ4v) is 9.66.